The zero-order valence-electron chi connectivity index (χ0n) is 20.9. The molecule has 2 heterocycles. The van der Waals surface area contributed by atoms with Crippen molar-refractivity contribution in [3.63, 3.8) is 0 Å². The molecule has 5 heteroatoms. The lowest BCUT2D eigenvalue weighted by atomic mass is 9.70. The second kappa shape index (κ2) is 8.95. The average molecular weight is 469 g/mol. The SMILES string of the molecule is CCc1cccc2c(C(=O)COC(=O)c3c4c(nc5ccccc35)CCC(C(C)(C)C)C4)c[nH]c12. The molecule has 1 N–H and O–H groups in total. The molecule has 5 nitrogen and oxygen atoms in total. The maximum absolute atomic E-state index is 13.5. The number of fused-ring (bicyclic) bond motifs is 3. The first-order chi connectivity index (χ1) is 16.8. The van der Waals surface area contributed by atoms with Crippen LogP contribution in [0, 0.1) is 11.3 Å². The Labute approximate surface area is 205 Å². The Morgan fingerprint density at radius 1 is 1.09 bits per heavy atom. The van der Waals surface area contributed by atoms with Crippen LogP contribution in [0.1, 0.15) is 71.7 Å². The summed E-state index contributed by atoms with van der Waals surface area (Å²) in [5, 5.41) is 1.66. The number of Topliss-reactive ketones (excluding diaryl/α,β-unsaturated/α-hetero) is 1. The van der Waals surface area contributed by atoms with Crippen molar-refractivity contribution in [2.24, 2.45) is 11.3 Å². The number of aryl methyl sites for hydroxylation is 2. The zero-order chi connectivity index (χ0) is 24.7. The lowest BCUT2D eigenvalue weighted by Crippen LogP contribution is -2.29. The van der Waals surface area contributed by atoms with Gasteiger partial charge in [0.2, 0.25) is 5.78 Å². The number of pyridine rings is 1. The number of aromatic nitrogens is 2. The molecule has 180 valence electrons. The Hall–Kier alpha value is -3.47. The van der Waals surface area contributed by atoms with Gasteiger partial charge in [0.25, 0.3) is 0 Å². The predicted octanol–water partition coefficient (Wildman–Crippen LogP) is 6.47. The zero-order valence-corrected chi connectivity index (χ0v) is 20.9. The van der Waals surface area contributed by atoms with E-state index in [-0.39, 0.29) is 17.8 Å². The van der Waals surface area contributed by atoms with Gasteiger partial charge in [0, 0.05) is 33.7 Å². The number of para-hydroxylation sites is 2. The molecular formula is C30H32N2O3. The first-order valence-electron chi connectivity index (χ1n) is 12.5. The molecule has 1 aliphatic carbocycles. The van der Waals surface area contributed by atoms with Gasteiger partial charge < -0.3 is 9.72 Å². The second-order valence-electron chi connectivity index (χ2n) is 10.6. The molecule has 0 radical (unpaired) electrons. The standard InChI is InChI=1S/C30H32N2O3/c1-5-18-9-8-11-20-23(16-31-28(18)20)26(33)17-35-29(34)27-21-10-6-7-12-24(21)32-25-14-13-19(15-22(25)27)30(2,3)4/h6-12,16,19,31H,5,13-15,17H2,1-4H3. The monoisotopic (exact) mass is 468 g/mol. The minimum atomic E-state index is -0.447. The van der Waals surface area contributed by atoms with Crippen molar-refractivity contribution in [1.29, 1.82) is 0 Å². The molecule has 2 aromatic carbocycles. The number of benzene rings is 2. The number of rotatable bonds is 5. The Balaban J connectivity index is 1.46. The van der Waals surface area contributed by atoms with Gasteiger partial charge in [-0.2, -0.15) is 0 Å². The molecule has 0 aliphatic heterocycles. The number of ketones is 1. The van der Waals surface area contributed by atoms with Crippen molar-refractivity contribution in [3.8, 4) is 0 Å². The van der Waals surface area contributed by atoms with Gasteiger partial charge in [-0.15, -0.1) is 0 Å². The number of H-pyrrole nitrogens is 1. The fourth-order valence-corrected chi connectivity index (χ4v) is 5.38. The number of hydrogen-bond donors (Lipinski definition) is 1. The number of carbonyl (C=O) groups excluding carboxylic acids is 2. The van der Waals surface area contributed by atoms with Crippen LogP contribution < -0.4 is 0 Å². The normalized spacial score (nSPS) is 15.8. The van der Waals surface area contributed by atoms with E-state index in [9.17, 15) is 9.59 Å². The summed E-state index contributed by atoms with van der Waals surface area (Å²) in [5.74, 6) is -0.209. The summed E-state index contributed by atoms with van der Waals surface area (Å²) in [5.41, 5.74) is 6.12. The summed E-state index contributed by atoms with van der Waals surface area (Å²) in [6.07, 6.45) is 5.27. The number of carbonyl (C=O) groups is 2. The summed E-state index contributed by atoms with van der Waals surface area (Å²) in [6.45, 7) is 8.54. The van der Waals surface area contributed by atoms with Crippen LogP contribution in [0.3, 0.4) is 0 Å². The van der Waals surface area contributed by atoms with Crippen molar-refractivity contribution in [2.75, 3.05) is 6.61 Å². The lowest BCUT2D eigenvalue weighted by Gasteiger charge is -2.35. The van der Waals surface area contributed by atoms with E-state index >= 15 is 0 Å². The van der Waals surface area contributed by atoms with Gasteiger partial charge in [-0.3, -0.25) is 9.78 Å². The first-order valence-corrected chi connectivity index (χ1v) is 12.5. The molecule has 1 atom stereocenters. The van der Waals surface area contributed by atoms with E-state index in [0.29, 0.717) is 17.0 Å². The molecule has 2 aromatic heterocycles. The van der Waals surface area contributed by atoms with E-state index in [4.69, 9.17) is 9.72 Å². The minimum Gasteiger partial charge on any atom is -0.454 e. The average Bonchev–Trinajstić information content (AvgIpc) is 3.29. The third-order valence-corrected chi connectivity index (χ3v) is 7.51. The fraction of sp³-hybridized carbons (Fsp3) is 0.367. The van der Waals surface area contributed by atoms with Gasteiger partial charge in [0.15, 0.2) is 6.61 Å². The van der Waals surface area contributed by atoms with Gasteiger partial charge in [-0.1, -0.05) is 64.1 Å². The highest BCUT2D eigenvalue weighted by Crippen LogP contribution is 2.39. The second-order valence-corrected chi connectivity index (χ2v) is 10.6. The van der Waals surface area contributed by atoms with Crippen LogP contribution in [0.5, 0.6) is 0 Å². The summed E-state index contributed by atoms with van der Waals surface area (Å²) in [4.78, 5) is 34.7. The van der Waals surface area contributed by atoms with E-state index in [0.717, 1.165) is 64.3 Å². The Morgan fingerprint density at radius 3 is 2.63 bits per heavy atom. The third-order valence-electron chi connectivity index (χ3n) is 7.51. The molecule has 35 heavy (non-hydrogen) atoms. The molecule has 0 bridgehead atoms. The van der Waals surface area contributed by atoms with Crippen LogP contribution in [0.2, 0.25) is 0 Å². The van der Waals surface area contributed by atoms with E-state index in [1.165, 1.54) is 0 Å². The topological polar surface area (TPSA) is 72.1 Å². The van der Waals surface area contributed by atoms with Gasteiger partial charge in [0.1, 0.15) is 0 Å². The van der Waals surface area contributed by atoms with E-state index in [1.54, 1.807) is 6.20 Å². The summed E-state index contributed by atoms with van der Waals surface area (Å²) < 4.78 is 5.68. The van der Waals surface area contributed by atoms with Crippen molar-refractivity contribution >= 4 is 33.6 Å². The number of nitrogens with one attached hydrogen (secondary N) is 1. The van der Waals surface area contributed by atoms with E-state index < -0.39 is 5.97 Å². The highest BCUT2D eigenvalue weighted by molar-refractivity contribution is 6.11. The molecule has 0 saturated carbocycles. The molecule has 4 aromatic rings. The van der Waals surface area contributed by atoms with Crippen LogP contribution in [-0.4, -0.2) is 28.3 Å². The van der Waals surface area contributed by atoms with Gasteiger partial charge in [0.05, 0.1) is 11.1 Å². The Bertz CT molecular complexity index is 1440. The van der Waals surface area contributed by atoms with Crippen molar-refractivity contribution in [1.82, 2.24) is 9.97 Å². The van der Waals surface area contributed by atoms with Crippen LogP contribution in [0.15, 0.2) is 48.7 Å². The van der Waals surface area contributed by atoms with Crippen LogP contribution in [0.25, 0.3) is 21.8 Å². The van der Waals surface area contributed by atoms with Crippen molar-refractivity contribution in [3.05, 3.63) is 76.6 Å². The lowest BCUT2D eigenvalue weighted by molar-refractivity contribution is 0.0474. The van der Waals surface area contributed by atoms with Crippen LogP contribution >= 0.6 is 0 Å². The largest absolute Gasteiger partial charge is 0.454 e. The van der Waals surface area contributed by atoms with Gasteiger partial charge in [-0.05, 0) is 54.2 Å². The number of hydrogen-bond acceptors (Lipinski definition) is 4. The fourth-order valence-electron chi connectivity index (χ4n) is 5.38. The Morgan fingerprint density at radius 2 is 1.86 bits per heavy atom. The maximum Gasteiger partial charge on any atom is 0.339 e. The number of esters is 1. The highest BCUT2D eigenvalue weighted by atomic mass is 16.5. The molecule has 0 fully saturated rings. The van der Waals surface area contributed by atoms with Gasteiger partial charge >= 0.3 is 5.97 Å². The molecule has 0 saturated heterocycles. The first kappa shape index (κ1) is 23.3. The third kappa shape index (κ3) is 4.24. The molecular weight excluding hydrogens is 436 g/mol. The van der Waals surface area contributed by atoms with Crippen LogP contribution in [0.4, 0.5) is 0 Å². The number of nitrogens with zero attached hydrogens (tertiary/aromatic N) is 1. The van der Waals surface area contributed by atoms with E-state index in [2.05, 4.69) is 38.7 Å². The molecule has 5 rings (SSSR count). The maximum atomic E-state index is 13.5. The summed E-state index contributed by atoms with van der Waals surface area (Å²) in [7, 11) is 0. The minimum absolute atomic E-state index is 0.132. The molecule has 0 spiro atoms. The quantitative estimate of drug-likeness (QED) is 0.269. The molecule has 1 unspecified atom stereocenters. The van der Waals surface area contributed by atoms with Crippen LogP contribution in [-0.2, 0) is 24.0 Å². The van der Waals surface area contributed by atoms with E-state index in [1.807, 2.05) is 36.4 Å². The summed E-state index contributed by atoms with van der Waals surface area (Å²) in [6, 6.07) is 13.6. The smallest absolute Gasteiger partial charge is 0.339 e. The molecule has 0 amide bonds. The summed E-state index contributed by atoms with van der Waals surface area (Å²) >= 11 is 0. The molecule has 1 aliphatic rings. The predicted molar refractivity (Wildman–Crippen MR) is 139 cm³/mol. The number of aromatic amines is 1. The van der Waals surface area contributed by atoms with Gasteiger partial charge in [-0.25, -0.2) is 4.79 Å². The number of ether oxygens (including phenoxy) is 1. The Kier molecular flexibility index (Phi) is 5.96. The van der Waals surface area contributed by atoms with Crippen molar-refractivity contribution in [2.45, 2.75) is 53.4 Å². The van der Waals surface area contributed by atoms with Crippen molar-refractivity contribution < 1.29 is 14.3 Å². The highest BCUT2D eigenvalue weighted by Gasteiger charge is 2.33.